The smallest absolute Gasteiger partial charge is 0.00773 e. The molecular formula is C36H76N2. The van der Waals surface area contributed by atoms with Gasteiger partial charge in [0.15, 0.2) is 0 Å². The average molecular weight is 537 g/mol. The predicted octanol–water partition coefficient (Wildman–Crippen LogP) is 12.5. The molecule has 0 amide bonds. The molecule has 4 N–H and O–H groups in total. The molecule has 0 aliphatic rings. The van der Waals surface area contributed by atoms with Crippen molar-refractivity contribution in [3.8, 4) is 0 Å². The van der Waals surface area contributed by atoms with Crippen molar-refractivity contribution >= 4 is 0 Å². The largest absolute Gasteiger partial charge is 0.405 e. The summed E-state index contributed by atoms with van der Waals surface area (Å²) < 4.78 is 0. The fraction of sp³-hybridized carbons (Fsp3) is 0.944. The van der Waals surface area contributed by atoms with E-state index < -0.39 is 0 Å². The highest BCUT2D eigenvalue weighted by Crippen LogP contribution is 2.14. The standard InChI is InChI=1S/C18H39N.C18H37N/c2*1-2-3-4-5-6-7-8-9-10-11-12-13-14-15-16-17-18-19/h2-19H2,1H3;17-18H,2-16,19H2,1H3. The fourth-order valence-electron chi connectivity index (χ4n) is 5.25. The topological polar surface area (TPSA) is 52.0 Å². The molecule has 230 valence electrons. The highest BCUT2D eigenvalue weighted by Gasteiger charge is 1.95. The SMILES string of the molecule is CCCCCCCCCCCCCCCCC=CN.CCCCCCCCCCCCCCCCCCN. The zero-order valence-electron chi connectivity index (χ0n) is 26.9. The van der Waals surface area contributed by atoms with Crippen molar-refractivity contribution in [2.75, 3.05) is 6.54 Å². The van der Waals surface area contributed by atoms with Crippen LogP contribution in [0, 0.1) is 0 Å². The van der Waals surface area contributed by atoms with Crippen molar-refractivity contribution in [3.63, 3.8) is 0 Å². The molecular weight excluding hydrogens is 460 g/mol. The van der Waals surface area contributed by atoms with Gasteiger partial charge in [-0.25, -0.2) is 0 Å². The Morgan fingerprint density at radius 1 is 0.342 bits per heavy atom. The maximum atomic E-state index is 5.48. The van der Waals surface area contributed by atoms with Gasteiger partial charge in [0.05, 0.1) is 0 Å². The molecule has 2 heteroatoms. The van der Waals surface area contributed by atoms with Crippen molar-refractivity contribution in [2.24, 2.45) is 11.5 Å². The lowest BCUT2D eigenvalue weighted by atomic mass is 10.0. The molecule has 38 heavy (non-hydrogen) atoms. The Morgan fingerprint density at radius 2 is 0.579 bits per heavy atom. The summed E-state index contributed by atoms with van der Waals surface area (Å²) in [6, 6.07) is 0. The van der Waals surface area contributed by atoms with Crippen LogP contribution < -0.4 is 11.5 Å². The van der Waals surface area contributed by atoms with E-state index >= 15 is 0 Å². The monoisotopic (exact) mass is 537 g/mol. The van der Waals surface area contributed by atoms with E-state index in [-0.39, 0.29) is 0 Å². The summed E-state index contributed by atoms with van der Waals surface area (Å²) >= 11 is 0. The van der Waals surface area contributed by atoms with Gasteiger partial charge in [-0.3, -0.25) is 0 Å². The third-order valence-corrected chi connectivity index (χ3v) is 7.92. The van der Waals surface area contributed by atoms with Crippen LogP contribution in [-0.2, 0) is 0 Å². The Labute approximate surface area is 243 Å². The first-order chi connectivity index (χ1) is 18.8. The van der Waals surface area contributed by atoms with Crippen molar-refractivity contribution in [2.45, 2.75) is 213 Å². The normalized spacial score (nSPS) is 11.2. The first-order valence-electron chi connectivity index (χ1n) is 17.9. The molecule has 0 aliphatic heterocycles. The Morgan fingerprint density at radius 3 is 0.816 bits per heavy atom. The van der Waals surface area contributed by atoms with Gasteiger partial charge in [-0.1, -0.05) is 200 Å². The molecule has 0 spiro atoms. The van der Waals surface area contributed by atoms with E-state index in [2.05, 4.69) is 19.9 Å². The molecule has 0 aromatic heterocycles. The number of hydrogen-bond donors (Lipinski definition) is 2. The lowest BCUT2D eigenvalue weighted by Crippen LogP contribution is -1.97. The summed E-state index contributed by atoms with van der Waals surface area (Å²) in [6.07, 6.45) is 47.8. The molecule has 0 heterocycles. The molecule has 0 saturated heterocycles. The maximum Gasteiger partial charge on any atom is -0.00773 e. The van der Waals surface area contributed by atoms with Crippen LogP contribution in [0.1, 0.15) is 213 Å². The van der Waals surface area contributed by atoms with Crippen LogP contribution in [0.15, 0.2) is 12.3 Å². The van der Waals surface area contributed by atoms with Crippen LogP contribution in [-0.4, -0.2) is 6.54 Å². The van der Waals surface area contributed by atoms with Gasteiger partial charge in [0, 0.05) is 0 Å². The van der Waals surface area contributed by atoms with Crippen LogP contribution in [0.3, 0.4) is 0 Å². The Kier molecular flexibility index (Phi) is 42.8. The van der Waals surface area contributed by atoms with Crippen LogP contribution in [0.4, 0.5) is 0 Å². The van der Waals surface area contributed by atoms with Crippen LogP contribution in [0.5, 0.6) is 0 Å². The second-order valence-electron chi connectivity index (χ2n) is 11.9. The second kappa shape index (κ2) is 41.0. The van der Waals surface area contributed by atoms with Gasteiger partial charge in [0.1, 0.15) is 0 Å². The maximum absolute atomic E-state index is 5.48. The average Bonchev–Trinajstić information content (AvgIpc) is 2.93. The summed E-state index contributed by atoms with van der Waals surface area (Å²) in [4.78, 5) is 0. The first kappa shape index (κ1) is 39.6. The van der Waals surface area contributed by atoms with E-state index in [1.807, 2.05) is 0 Å². The van der Waals surface area contributed by atoms with Gasteiger partial charge in [-0.2, -0.15) is 0 Å². The van der Waals surface area contributed by atoms with Crippen molar-refractivity contribution in [1.29, 1.82) is 0 Å². The van der Waals surface area contributed by atoms with E-state index in [4.69, 9.17) is 11.5 Å². The highest BCUT2D eigenvalue weighted by molar-refractivity contribution is 4.74. The minimum Gasteiger partial charge on any atom is -0.405 e. The van der Waals surface area contributed by atoms with Crippen molar-refractivity contribution in [3.05, 3.63) is 12.3 Å². The van der Waals surface area contributed by atoms with Crippen LogP contribution in [0.2, 0.25) is 0 Å². The minimum absolute atomic E-state index is 0.873. The molecule has 0 aromatic carbocycles. The van der Waals surface area contributed by atoms with Crippen molar-refractivity contribution in [1.82, 2.24) is 0 Å². The Hall–Kier alpha value is -0.500. The fourth-order valence-corrected chi connectivity index (χ4v) is 5.25. The predicted molar refractivity (Wildman–Crippen MR) is 177 cm³/mol. The zero-order chi connectivity index (χ0) is 28.0. The number of unbranched alkanes of at least 4 members (excludes halogenated alkanes) is 29. The highest BCUT2D eigenvalue weighted by atomic mass is 14.5. The molecule has 0 fully saturated rings. The van der Waals surface area contributed by atoms with E-state index in [1.54, 1.807) is 6.20 Å². The molecule has 0 aliphatic carbocycles. The lowest BCUT2D eigenvalue weighted by molar-refractivity contribution is 0.530. The molecule has 0 saturated carbocycles. The first-order valence-corrected chi connectivity index (χ1v) is 17.9. The quantitative estimate of drug-likeness (QED) is 0.0865. The van der Waals surface area contributed by atoms with Crippen LogP contribution in [0.25, 0.3) is 0 Å². The van der Waals surface area contributed by atoms with Gasteiger partial charge in [-0.05, 0) is 32.0 Å². The van der Waals surface area contributed by atoms with E-state index in [9.17, 15) is 0 Å². The molecule has 2 nitrogen and oxygen atoms in total. The Bertz CT molecular complexity index is 377. The summed E-state index contributed by atoms with van der Waals surface area (Å²) in [7, 11) is 0. The lowest BCUT2D eigenvalue weighted by Gasteiger charge is -2.03. The zero-order valence-corrected chi connectivity index (χ0v) is 26.9. The van der Waals surface area contributed by atoms with E-state index in [0.717, 1.165) is 13.0 Å². The van der Waals surface area contributed by atoms with Gasteiger partial charge >= 0.3 is 0 Å². The van der Waals surface area contributed by atoms with E-state index in [1.165, 1.54) is 193 Å². The van der Waals surface area contributed by atoms with Gasteiger partial charge in [0.2, 0.25) is 0 Å². The molecule has 0 aromatic rings. The third kappa shape index (κ3) is 42.6. The number of nitrogens with two attached hydrogens (primary N) is 2. The summed E-state index contributed by atoms with van der Waals surface area (Å²) in [5.41, 5.74) is 10.8. The second-order valence-corrected chi connectivity index (χ2v) is 11.9. The molecule has 0 radical (unpaired) electrons. The third-order valence-electron chi connectivity index (χ3n) is 7.92. The number of allylic oxidation sites excluding steroid dienone is 1. The summed E-state index contributed by atoms with van der Waals surface area (Å²) in [5, 5.41) is 0. The number of rotatable bonds is 31. The van der Waals surface area contributed by atoms with Gasteiger partial charge in [0.25, 0.3) is 0 Å². The summed E-state index contributed by atoms with van der Waals surface area (Å²) in [6.45, 7) is 5.45. The molecule has 0 atom stereocenters. The van der Waals surface area contributed by atoms with E-state index in [0.29, 0.717) is 0 Å². The Balaban J connectivity index is 0. The van der Waals surface area contributed by atoms with Crippen LogP contribution >= 0.6 is 0 Å². The summed E-state index contributed by atoms with van der Waals surface area (Å²) in [5.74, 6) is 0. The van der Waals surface area contributed by atoms with Gasteiger partial charge in [-0.15, -0.1) is 0 Å². The van der Waals surface area contributed by atoms with Crippen molar-refractivity contribution < 1.29 is 0 Å². The minimum atomic E-state index is 0.873. The molecule has 0 unspecified atom stereocenters. The van der Waals surface area contributed by atoms with Gasteiger partial charge < -0.3 is 11.5 Å². The molecule has 0 rings (SSSR count). The number of hydrogen-bond acceptors (Lipinski definition) is 2. The molecule has 0 bridgehead atoms.